The van der Waals surface area contributed by atoms with Crippen molar-refractivity contribution >= 4 is 38.9 Å². The number of hydrogen-bond acceptors (Lipinski definition) is 6. The largest absolute Gasteiger partial charge is 0.481 e. The Morgan fingerprint density at radius 3 is 2.50 bits per heavy atom. The first kappa shape index (κ1) is 24.8. The number of carbonyl (C=O) groups is 1. The van der Waals surface area contributed by atoms with Crippen LogP contribution >= 0.6 is 11.6 Å². The summed E-state index contributed by atoms with van der Waals surface area (Å²) in [4.78, 5) is 15.3. The van der Waals surface area contributed by atoms with Crippen LogP contribution in [0.1, 0.15) is 26.2 Å². The third-order valence-electron chi connectivity index (χ3n) is 6.01. The van der Waals surface area contributed by atoms with E-state index in [4.69, 9.17) is 21.1 Å². The predicted octanol–water partition coefficient (Wildman–Crippen LogP) is 3.76. The van der Waals surface area contributed by atoms with E-state index in [1.54, 1.807) is 49.4 Å². The van der Waals surface area contributed by atoms with Gasteiger partial charge in [-0.05, 0) is 56.2 Å². The molecule has 2 aliphatic rings. The van der Waals surface area contributed by atoms with Crippen LogP contribution < -0.4 is 15.0 Å². The van der Waals surface area contributed by atoms with Crippen LogP contribution in [0.25, 0.3) is 0 Å². The molecule has 34 heavy (non-hydrogen) atoms. The van der Waals surface area contributed by atoms with Crippen molar-refractivity contribution in [2.45, 2.75) is 37.2 Å². The molecule has 0 radical (unpaired) electrons. The maximum absolute atomic E-state index is 13.3. The van der Waals surface area contributed by atoms with Gasteiger partial charge in [-0.1, -0.05) is 24.1 Å². The first-order valence-electron chi connectivity index (χ1n) is 11.5. The maximum Gasteiger partial charge on any atom is 0.265 e. The Balaban J connectivity index is 1.59. The van der Waals surface area contributed by atoms with Gasteiger partial charge in [-0.25, -0.2) is 8.42 Å². The summed E-state index contributed by atoms with van der Waals surface area (Å²) in [5.74, 6) is 0.0898. The van der Waals surface area contributed by atoms with Gasteiger partial charge in [0.15, 0.2) is 6.10 Å². The Morgan fingerprint density at radius 1 is 1.06 bits per heavy atom. The Kier molecular flexibility index (Phi) is 7.98. The van der Waals surface area contributed by atoms with Crippen molar-refractivity contribution in [2.75, 3.05) is 49.6 Å². The van der Waals surface area contributed by atoms with Crippen LogP contribution in [0.2, 0.25) is 5.02 Å². The van der Waals surface area contributed by atoms with E-state index in [1.165, 1.54) is 4.31 Å². The molecule has 2 saturated heterocycles. The van der Waals surface area contributed by atoms with Crippen molar-refractivity contribution in [3.8, 4) is 5.75 Å². The molecule has 2 aliphatic heterocycles. The van der Waals surface area contributed by atoms with Crippen LogP contribution in [-0.2, 0) is 19.6 Å². The molecule has 0 spiro atoms. The van der Waals surface area contributed by atoms with Gasteiger partial charge in [0, 0.05) is 31.2 Å². The lowest BCUT2D eigenvalue weighted by atomic mass is 10.2. The van der Waals surface area contributed by atoms with E-state index in [0.29, 0.717) is 55.9 Å². The minimum absolute atomic E-state index is 0.171. The minimum Gasteiger partial charge on any atom is -0.481 e. The Bertz CT molecular complexity index is 1120. The number of ether oxygens (including phenoxy) is 2. The zero-order chi connectivity index (χ0) is 24.1. The number of nitrogens with zero attached hydrogens (tertiary/aromatic N) is 2. The molecule has 8 nitrogen and oxygen atoms in total. The summed E-state index contributed by atoms with van der Waals surface area (Å²) in [6.45, 7) is 5.09. The van der Waals surface area contributed by atoms with Gasteiger partial charge in [-0.3, -0.25) is 4.79 Å². The fourth-order valence-electron chi connectivity index (χ4n) is 4.14. The SMILES string of the molecule is C[C@H](Oc1cccc(Cl)c1)C(=O)Nc1cc(S(=O)(=O)N2CCCCC2)ccc1N1CCOCC1. The maximum atomic E-state index is 13.3. The van der Waals surface area contributed by atoms with Crippen molar-refractivity contribution in [3.63, 3.8) is 0 Å². The van der Waals surface area contributed by atoms with E-state index in [2.05, 4.69) is 10.2 Å². The number of anilines is 2. The fraction of sp³-hybridized carbons (Fsp3) is 0.458. The summed E-state index contributed by atoms with van der Waals surface area (Å²) >= 11 is 6.01. The van der Waals surface area contributed by atoms with Gasteiger partial charge < -0.3 is 19.7 Å². The average molecular weight is 508 g/mol. The van der Waals surface area contributed by atoms with Gasteiger partial charge in [0.2, 0.25) is 10.0 Å². The predicted molar refractivity (Wildman–Crippen MR) is 132 cm³/mol. The highest BCUT2D eigenvalue weighted by Gasteiger charge is 2.28. The van der Waals surface area contributed by atoms with Crippen LogP contribution in [0.5, 0.6) is 5.75 Å². The normalized spacial score (nSPS) is 18.4. The molecule has 0 saturated carbocycles. The lowest BCUT2D eigenvalue weighted by Crippen LogP contribution is -2.38. The number of carbonyl (C=O) groups excluding carboxylic acids is 1. The summed E-state index contributed by atoms with van der Waals surface area (Å²) in [6.07, 6.45) is 1.92. The smallest absolute Gasteiger partial charge is 0.265 e. The van der Waals surface area contributed by atoms with Gasteiger partial charge >= 0.3 is 0 Å². The molecule has 0 bridgehead atoms. The highest BCUT2D eigenvalue weighted by atomic mass is 35.5. The summed E-state index contributed by atoms with van der Waals surface area (Å²) in [5.41, 5.74) is 1.19. The molecule has 0 aliphatic carbocycles. The molecule has 0 aromatic heterocycles. The van der Waals surface area contributed by atoms with Crippen LogP contribution in [0.3, 0.4) is 0 Å². The van der Waals surface area contributed by atoms with Gasteiger partial charge in [-0.15, -0.1) is 0 Å². The number of halogens is 1. The first-order chi connectivity index (χ1) is 16.3. The molecule has 184 valence electrons. The fourth-order valence-corrected chi connectivity index (χ4v) is 5.87. The van der Waals surface area contributed by atoms with Gasteiger partial charge in [0.25, 0.3) is 5.91 Å². The standard InChI is InChI=1S/C24H30ClN3O5S/c1-18(33-20-7-5-6-19(25)16-20)24(29)26-22-17-21(34(30,31)28-10-3-2-4-11-28)8-9-23(22)27-12-14-32-15-13-27/h5-9,16-18H,2-4,10-15H2,1H3,(H,26,29)/t18-/m0/s1. The molecular formula is C24H30ClN3O5S. The Labute approximate surface area is 205 Å². The van der Waals surface area contributed by atoms with Crippen LogP contribution in [0, 0.1) is 0 Å². The average Bonchev–Trinajstić information content (AvgIpc) is 2.85. The van der Waals surface area contributed by atoms with Gasteiger partial charge in [0.05, 0.1) is 29.5 Å². The molecule has 4 rings (SSSR count). The van der Waals surface area contributed by atoms with Crippen LogP contribution in [-0.4, -0.2) is 64.1 Å². The number of benzene rings is 2. The van der Waals surface area contributed by atoms with Crippen molar-refractivity contribution in [1.82, 2.24) is 4.31 Å². The molecule has 2 heterocycles. The second-order valence-electron chi connectivity index (χ2n) is 8.45. The number of amides is 1. The number of morpholine rings is 1. The summed E-state index contributed by atoms with van der Waals surface area (Å²) in [5, 5.41) is 3.41. The first-order valence-corrected chi connectivity index (χ1v) is 13.4. The van der Waals surface area contributed by atoms with Gasteiger partial charge in [0.1, 0.15) is 5.75 Å². The van der Waals surface area contributed by atoms with E-state index in [0.717, 1.165) is 24.9 Å². The van der Waals surface area contributed by atoms with E-state index < -0.39 is 16.1 Å². The van der Waals surface area contributed by atoms with Crippen LogP contribution in [0.15, 0.2) is 47.4 Å². The Morgan fingerprint density at radius 2 is 1.79 bits per heavy atom. The lowest BCUT2D eigenvalue weighted by Gasteiger charge is -2.31. The van der Waals surface area contributed by atoms with Crippen molar-refractivity contribution in [3.05, 3.63) is 47.5 Å². The lowest BCUT2D eigenvalue weighted by molar-refractivity contribution is -0.122. The number of nitrogens with one attached hydrogen (secondary N) is 1. The number of sulfonamides is 1. The monoisotopic (exact) mass is 507 g/mol. The number of piperidine rings is 1. The minimum atomic E-state index is -3.65. The third-order valence-corrected chi connectivity index (χ3v) is 8.14. The molecule has 1 amide bonds. The molecule has 2 aromatic rings. The molecule has 10 heteroatoms. The van der Waals surface area contributed by atoms with Crippen molar-refractivity contribution < 1.29 is 22.7 Å². The zero-order valence-corrected chi connectivity index (χ0v) is 20.8. The zero-order valence-electron chi connectivity index (χ0n) is 19.2. The molecule has 1 N–H and O–H groups in total. The summed E-state index contributed by atoms with van der Waals surface area (Å²) in [7, 11) is -3.65. The van der Waals surface area contributed by atoms with E-state index >= 15 is 0 Å². The quantitative estimate of drug-likeness (QED) is 0.614. The molecular weight excluding hydrogens is 478 g/mol. The number of hydrogen-bond donors (Lipinski definition) is 1. The molecule has 2 aromatic carbocycles. The Hall–Kier alpha value is -2.33. The summed E-state index contributed by atoms with van der Waals surface area (Å²) < 4.78 is 39.3. The van der Waals surface area contributed by atoms with Crippen molar-refractivity contribution in [1.29, 1.82) is 0 Å². The molecule has 0 unspecified atom stereocenters. The summed E-state index contributed by atoms with van der Waals surface area (Å²) in [6, 6.07) is 11.8. The molecule has 2 fully saturated rings. The van der Waals surface area contributed by atoms with Gasteiger partial charge in [-0.2, -0.15) is 4.31 Å². The van der Waals surface area contributed by atoms with E-state index in [1.807, 2.05) is 0 Å². The number of rotatable bonds is 7. The van der Waals surface area contributed by atoms with Crippen LogP contribution in [0.4, 0.5) is 11.4 Å². The van der Waals surface area contributed by atoms with E-state index in [-0.39, 0.29) is 10.8 Å². The van der Waals surface area contributed by atoms with Crippen molar-refractivity contribution in [2.24, 2.45) is 0 Å². The van der Waals surface area contributed by atoms with E-state index in [9.17, 15) is 13.2 Å². The second-order valence-corrected chi connectivity index (χ2v) is 10.8. The topological polar surface area (TPSA) is 88.2 Å². The second kappa shape index (κ2) is 10.9. The highest BCUT2D eigenvalue weighted by molar-refractivity contribution is 7.89. The third kappa shape index (κ3) is 5.83. The molecule has 1 atom stereocenters. The highest BCUT2D eigenvalue weighted by Crippen LogP contribution is 2.32.